The Morgan fingerprint density at radius 1 is 1.42 bits per heavy atom. The molecule has 19 heavy (non-hydrogen) atoms. The zero-order valence-corrected chi connectivity index (χ0v) is 12.2. The molecule has 0 radical (unpaired) electrons. The van der Waals surface area contributed by atoms with E-state index in [0.29, 0.717) is 12.4 Å². The second-order valence-corrected chi connectivity index (χ2v) is 5.37. The minimum absolute atomic E-state index is 0.0757. The molecule has 106 valence electrons. The summed E-state index contributed by atoms with van der Waals surface area (Å²) < 4.78 is 4.90. The van der Waals surface area contributed by atoms with E-state index in [-0.39, 0.29) is 18.6 Å². The topological polar surface area (TPSA) is 58.6 Å². The Morgan fingerprint density at radius 3 is 2.68 bits per heavy atom. The summed E-state index contributed by atoms with van der Waals surface area (Å²) in [6, 6.07) is 7.95. The molecule has 1 rings (SSSR count). The van der Waals surface area contributed by atoms with Crippen LogP contribution in [0, 0.1) is 6.92 Å². The first-order chi connectivity index (χ1) is 9.15. The summed E-state index contributed by atoms with van der Waals surface area (Å²) in [5.41, 5.74) is 2.44. The van der Waals surface area contributed by atoms with Crippen LogP contribution in [0.3, 0.4) is 0 Å². The van der Waals surface area contributed by atoms with Crippen molar-refractivity contribution in [2.75, 3.05) is 26.1 Å². The van der Waals surface area contributed by atoms with Gasteiger partial charge in [0.2, 0.25) is 5.91 Å². The Labute approximate surface area is 118 Å². The lowest BCUT2D eigenvalue weighted by molar-refractivity contribution is -0.120. The van der Waals surface area contributed by atoms with Crippen molar-refractivity contribution in [3.8, 4) is 0 Å². The molecular formula is C14H21NO3S. The van der Waals surface area contributed by atoms with E-state index in [1.807, 2.05) is 0 Å². The van der Waals surface area contributed by atoms with E-state index in [0.717, 1.165) is 5.75 Å². The molecule has 1 aromatic rings. The zero-order valence-electron chi connectivity index (χ0n) is 11.4. The van der Waals surface area contributed by atoms with Gasteiger partial charge in [-0.15, -0.1) is 11.8 Å². The Hall–Kier alpha value is -1.04. The quantitative estimate of drug-likeness (QED) is 0.756. The number of aryl methyl sites for hydroxylation is 1. The first-order valence-corrected chi connectivity index (χ1v) is 7.33. The number of hydrogen-bond donors (Lipinski definition) is 2. The fraction of sp³-hybridized carbons (Fsp3) is 0.500. The summed E-state index contributed by atoms with van der Waals surface area (Å²) in [6.07, 6.45) is 0. The number of ether oxygens (including phenoxy) is 1. The summed E-state index contributed by atoms with van der Waals surface area (Å²) >= 11 is 1.56. The molecule has 1 unspecified atom stereocenters. The summed E-state index contributed by atoms with van der Waals surface area (Å²) in [5, 5.41) is 11.8. The molecule has 0 spiro atoms. The minimum atomic E-state index is -0.322. The van der Waals surface area contributed by atoms with Gasteiger partial charge in [-0.1, -0.05) is 29.8 Å². The second kappa shape index (κ2) is 8.96. The van der Waals surface area contributed by atoms with Crippen LogP contribution in [-0.2, 0) is 15.3 Å². The van der Waals surface area contributed by atoms with Crippen molar-refractivity contribution in [2.45, 2.75) is 18.7 Å². The maximum Gasteiger partial charge on any atom is 0.230 e. The van der Waals surface area contributed by atoms with Crippen LogP contribution in [0.2, 0.25) is 0 Å². The van der Waals surface area contributed by atoms with Crippen LogP contribution in [0.25, 0.3) is 0 Å². The van der Waals surface area contributed by atoms with Crippen LogP contribution in [0.5, 0.6) is 0 Å². The van der Waals surface area contributed by atoms with Crippen LogP contribution in [-0.4, -0.2) is 43.1 Å². The first-order valence-electron chi connectivity index (χ1n) is 6.18. The SMILES string of the molecule is COCC(CO)NC(=O)CSCc1ccc(C)cc1. The molecule has 0 aliphatic heterocycles. The number of aliphatic hydroxyl groups excluding tert-OH is 1. The maximum absolute atomic E-state index is 11.6. The van der Waals surface area contributed by atoms with Crippen molar-refractivity contribution < 1.29 is 14.6 Å². The molecule has 0 bridgehead atoms. The molecule has 1 aromatic carbocycles. The molecule has 5 heteroatoms. The number of hydrogen-bond acceptors (Lipinski definition) is 4. The van der Waals surface area contributed by atoms with Gasteiger partial charge in [0.05, 0.1) is 25.0 Å². The number of thioether (sulfide) groups is 1. The molecule has 0 aliphatic carbocycles. The van der Waals surface area contributed by atoms with Crippen LogP contribution in [0.4, 0.5) is 0 Å². The standard InChI is InChI=1S/C14H21NO3S/c1-11-3-5-12(6-4-11)9-19-10-14(17)15-13(7-16)8-18-2/h3-6,13,16H,7-10H2,1-2H3,(H,15,17). The van der Waals surface area contributed by atoms with Crippen molar-refractivity contribution >= 4 is 17.7 Å². The summed E-state index contributed by atoms with van der Waals surface area (Å²) in [4.78, 5) is 11.6. The Bertz CT molecular complexity index is 381. The third-order valence-electron chi connectivity index (χ3n) is 2.58. The number of nitrogens with one attached hydrogen (secondary N) is 1. The lowest BCUT2D eigenvalue weighted by atomic mass is 10.2. The highest BCUT2D eigenvalue weighted by Crippen LogP contribution is 2.12. The second-order valence-electron chi connectivity index (χ2n) is 4.38. The smallest absolute Gasteiger partial charge is 0.230 e. The lowest BCUT2D eigenvalue weighted by Crippen LogP contribution is -2.41. The number of aliphatic hydroxyl groups is 1. The van der Waals surface area contributed by atoms with E-state index in [4.69, 9.17) is 9.84 Å². The van der Waals surface area contributed by atoms with Crippen LogP contribution in [0.1, 0.15) is 11.1 Å². The Kier molecular flexibility index (Phi) is 7.55. The molecule has 0 heterocycles. The van der Waals surface area contributed by atoms with Gasteiger partial charge in [-0.3, -0.25) is 4.79 Å². The van der Waals surface area contributed by atoms with Crippen LogP contribution >= 0.6 is 11.8 Å². The Morgan fingerprint density at radius 2 is 2.11 bits per heavy atom. The highest BCUT2D eigenvalue weighted by atomic mass is 32.2. The van der Waals surface area contributed by atoms with E-state index in [2.05, 4.69) is 36.5 Å². The number of amides is 1. The van der Waals surface area contributed by atoms with E-state index in [1.54, 1.807) is 18.9 Å². The minimum Gasteiger partial charge on any atom is -0.394 e. The van der Waals surface area contributed by atoms with E-state index >= 15 is 0 Å². The van der Waals surface area contributed by atoms with Gasteiger partial charge in [0.1, 0.15) is 0 Å². The largest absolute Gasteiger partial charge is 0.394 e. The summed E-state index contributed by atoms with van der Waals surface area (Å²) in [5.74, 6) is 1.11. The highest BCUT2D eigenvalue weighted by Gasteiger charge is 2.10. The number of methoxy groups -OCH3 is 1. The van der Waals surface area contributed by atoms with Gasteiger partial charge < -0.3 is 15.2 Å². The molecule has 0 aromatic heterocycles. The molecule has 0 aliphatic rings. The number of rotatable bonds is 8. The predicted octanol–water partition coefficient (Wildman–Crippen LogP) is 1.35. The molecular weight excluding hydrogens is 262 g/mol. The highest BCUT2D eigenvalue weighted by molar-refractivity contribution is 7.99. The molecule has 0 saturated carbocycles. The fourth-order valence-corrected chi connectivity index (χ4v) is 2.36. The average molecular weight is 283 g/mol. The van der Waals surface area contributed by atoms with Crippen molar-refractivity contribution in [2.24, 2.45) is 0 Å². The molecule has 0 saturated heterocycles. The summed E-state index contributed by atoms with van der Waals surface area (Å²) in [7, 11) is 1.54. The van der Waals surface area contributed by atoms with Crippen LogP contribution in [0.15, 0.2) is 24.3 Å². The molecule has 2 N–H and O–H groups in total. The van der Waals surface area contributed by atoms with Crippen molar-refractivity contribution in [3.05, 3.63) is 35.4 Å². The van der Waals surface area contributed by atoms with E-state index in [9.17, 15) is 4.79 Å². The number of carbonyl (C=O) groups is 1. The van der Waals surface area contributed by atoms with Gasteiger partial charge in [0, 0.05) is 12.9 Å². The fourth-order valence-electron chi connectivity index (χ4n) is 1.56. The average Bonchev–Trinajstić information content (AvgIpc) is 2.40. The monoisotopic (exact) mass is 283 g/mol. The van der Waals surface area contributed by atoms with Crippen molar-refractivity contribution in [3.63, 3.8) is 0 Å². The zero-order chi connectivity index (χ0) is 14.1. The van der Waals surface area contributed by atoms with Crippen molar-refractivity contribution in [1.82, 2.24) is 5.32 Å². The molecule has 4 nitrogen and oxygen atoms in total. The first kappa shape index (κ1) is 16.0. The third-order valence-corrected chi connectivity index (χ3v) is 3.58. The number of benzene rings is 1. The maximum atomic E-state index is 11.6. The molecule has 1 atom stereocenters. The van der Waals surface area contributed by atoms with Gasteiger partial charge >= 0.3 is 0 Å². The normalized spacial score (nSPS) is 12.2. The Balaban J connectivity index is 2.24. The third kappa shape index (κ3) is 6.61. The van der Waals surface area contributed by atoms with Crippen molar-refractivity contribution in [1.29, 1.82) is 0 Å². The lowest BCUT2D eigenvalue weighted by Gasteiger charge is -2.14. The van der Waals surface area contributed by atoms with Gasteiger partial charge in [-0.2, -0.15) is 0 Å². The van der Waals surface area contributed by atoms with Gasteiger partial charge in [0.15, 0.2) is 0 Å². The van der Waals surface area contributed by atoms with E-state index < -0.39 is 0 Å². The van der Waals surface area contributed by atoms with Gasteiger partial charge in [0.25, 0.3) is 0 Å². The molecule has 1 amide bonds. The van der Waals surface area contributed by atoms with E-state index in [1.165, 1.54) is 11.1 Å². The summed E-state index contributed by atoms with van der Waals surface area (Å²) in [6.45, 7) is 2.27. The van der Waals surface area contributed by atoms with Gasteiger partial charge in [-0.05, 0) is 12.5 Å². The van der Waals surface area contributed by atoms with Gasteiger partial charge in [-0.25, -0.2) is 0 Å². The van der Waals surface area contributed by atoms with Crippen LogP contribution < -0.4 is 5.32 Å². The number of carbonyl (C=O) groups excluding carboxylic acids is 1. The predicted molar refractivity (Wildman–Crippen MR) is 78.2 cm³/mol. The molecule has 0 fully saturated rings.